The van der Waals surface area contributed by atoms with Gasteiger partial charge in [0.2, 0.25) is 0 Å². The van der Waals surface area contributed by atoms with Crippen molar-refractivity contribution in [1.29, 1.82) is 0 Å². The minimum Gasteiger partial charge on any atom is -0.338 e. The zero-order valence-electron chi connectivity index (χ0n) is 12.0. The first-order chi connectivity index (χ1) is 10.9. The summed E-state index contributed by atoms with van der Waals surface area (Å²) in [6, 6.07) is 1.56. The van der Waals surface area contributed by atoms with Crippen molar-refractivity contribution in [3.63, 3.8) is 0 Å². The molecule has 3 heterocycles. The number of hydrogen-bond donors (Lipinski definition) is 1. The molecule has 0 aromatic carbocycles. The number of nitrogens with one attached hydrogen (secondary N) is 1. The number of halogens is 3. The molecule has 0 saturated carbocycles. The first-order valence-electron chi connectivity index (χ1n) is 7.13. The molecule has 0 bridgehead atoms. The van der Waals surface area contributed by atoms with Crippen molar-refractivity contribution in [2.24, 2.45) is 0 Å². The van der Waals surface area contributed by atoms with Gasteiger partial charge in [-0.15, -0.1) is 0 Å². The van der Waals surface area contributed by atoms with E-state index in [-0.39, 0.29) is 17.6 Å². The summed E-state index contributed by atoms with van der Waals surface area (Å²) in [5.41, 5.74) is -0.453. The van der Waals surface area contributed by atoms with E-state index in [1.807, 2.05) is 0 Å². The number of nitrogens with zero attached hydrogens (tertiary/aromatic N) is 4. The summed E-state index contributed by atoms with van der Waals surface area (Å²) < 4.78 is 37.9. The smallest absolute Gasteiger partial charge is 0.338 e. The molecule has 6 nitrogen and oxygen atoms in total. The highest BCUT2D eigenvalue weighted by molar-refractivity contribution is 5.93. The van der Waals surface area contributed by atoms with Crippen LogP contribution in [0.1, 0.15) is 40.6 Å². The average molecular weight is 325 g/mol. The predicted molar refractivity (Wildman–Crippen MR) is 73.5 cm³/mol. The molecule has 23 heavy (non-hydrogen) atoms. The molecule has 1 amide bonds. The number of likely N-dealkylation sites (tertiary alicyclic amines) is 1. The number of aromatic amines is 1. The Morgan fingerprint density at radius 3 is 2.78 bits per heavy atom. The average Bonchev–Trinajstić information content (AvgIpc) is 3.05. The van der Waals surface area contributed by atoms with E-state index in [0.29, 0.717) is 31.5 Å². The van der Waals surface area contributed by atoms with Crippen molar-refractivity contribution < 1.29 is 18.0 Å². The summed E-state index contributed by atoms with van der Waals surface area (Å²) in [4.78, 5) is 20.2. The number of H-pyrrole nitrogens is 1. The molecule has 3 rings (SSSR count). The Labute approximate surface area is 129 Å². The van der Waals surface area contributed by atoms with Crippen molar-refractivity contribution in [3.8, 4) is 0 Å². The lowest BCUT2D eigenvalue weighted by Crippen LogP contribution is -2.39. The summed E-state index contributed by atoms with van der Waals surface area (Å²) in [5.74, 6) is -0.173. The summed E-state index contributed by atoms with van der Waals surface area (Å²) in [7, 11) is 0. The van der Waals surface area contributed by atoms with Crippen LogP contribution >= 0.6 is 0 Å². The van der Waals surface area contributed by atoms with Gasteiger partial charge in [0.15, 0.2) is 0 Å². The first-order valence-corrected chi connectivity index (χ1v) is 7.13. The van der Waals surface area contributed by atoms with Crippen molar-refractivity contribution in [2.75, 3.05) is 13.1 Å². The van der Waals surface area contributed by atoms with E-state index in [1.165, 1.54) is 12.4 Å². The molecule has 0 radical (unpaired) electrons. The van der Waals surface area contributed by atoms with Crippen molar-refractivity contribution >= 4 is 5.91 Å². The van der Waals surface area contributed by atoms with Gasteiger partial charge in [0, 0.05) is 19.0 Å². The Bertz CT molecular complexity index is 685. The minimum atomic E-state index is -4.45. The molecule has 0 unspecified atom stereocenters. The highest BCUT2D eigenvalue weighted by Crippen LogP contribution is 2.31. The Hall–Kier alpha value is -2.45. The Morgan fingerprint density at radius 2 is 2.13 bits per heavy atom. The fraction of sp³-hybridized carbons (Fsp3) is 0.429. The van der Waals surface area contributed by atoms with Gasteiger partial charge in [-0.05, 0) is 18.9 Å². The molecular formula is C14H14F3N5O. The number of carbonyl (C=O) groups excluding carboxylic acids is 1. The van der Waals surface area contributed by atoms with Crippen LogP contribution in [0.5, 0.6) is 0 Å². The van der Waals surface area contributed by atoms with Crippen LogP contribution in [0.2, 0.25) is 0 Å². The topological polar surface area (TPSA) is 74.8 Å². The van der Waals surface area contributed by atoms with Crippen LogP contribution in [0, 0.1) is 0 Å². The monoisotopic (exact) mass is 325 g/mol. The number of piperidine rings is 1. The minimum absolute atomic E-state index is 0.202. The number of imidazole rings is 1. The molecule has 122 valence electrons. The maximum Gasteiger partial charge on any atom is 0.432 e. The predicted octanol–water partition coefficient (Wildman–Crippen LogP) is 2.24. The van der Waals surface area contributed by atoms with Crippen LogP contribution in [-0.4, -0.2) is 44.1 Å². The van der Waals surface area contributed by atoms with Crippen LogP contribution in [0.15, 0.2) is 24.7 Å². The van der Waals surface area contributed by atoms with Gasteiger partial charge in [0.1, 0.15) is 11.5 Å². The third kappa shape index (κ3) is 3.33. The van der Waals surface area contributed by atoms with E-state index >= 15 is 0 Å². The number of hydrogen-bond acceptors (Lipinski definition) is 4. The number of alkyl halides is 3. The standard InChI is InChI=1S/C14H14F3N5O/c15-14(16,17)11-7-18-12(21-11)10-2-1-5-22(8-10)13(23)9-3-4-19-20-6-9/h3-4,6-7,10H,1-2,5,8H2,(H,18,21)/t10-/m0/s1. The lowest BCUT2D eigenvalue weighted by atomic mass is 9.97. The summed E-state index contributed by atoms with van der Waals surface area (Å²) in [6.07, 6.45) is 0.540. The van der Waals surface area contributed by atoms with E-state index in [0.717, 1.165) is 6.20 Å². The first kappa shape index (κ1) is 15.4. The summed E-state index contributed by atoms with van der Waals surface area (Å²) >= 11 is 0. The van der Waals surface area contributed by atoms with Gasteiger partial charge in [-0.1, -0.05) is 0 Å². The maximum atomic E-state index is 12.6. The van der Waals surface area contributed by atoms with Gasteiger partial charge in [-0.25, -0.2) is 4.98 Å². The van der Waals surface area contributed by atoms with E-state index in [9.17, 15) is 18.0 Å². The molecule has 0 spiro atoms. The molecule has 0 aliphatic carbocycles. The SMILES string of the molecule is O=C(c1ccnnc1)N1CCC[C@H](c2ncc(C(F)(F)F)[nH]2)C1. The van der Waals surface area contributed by atoms with Gasteiger partial charge in [0.25, 0.3) is 5.91 Å². The Kier molecular flexibility index (Phi) is 4.01. The third-order valence-electron chi connectivity index (χ3n) is 3.83. The zero-order valence-corrected chi connectivity index (χ0v) is 12.0. The van der Waals surface area contributed by atoms with Crippen LogP contribution in [0.25, 0.3) is 0 Å². The van der Waals surface area contributed by atoms with Crippen molar-refractivity contribution in [2.45, 2.75) is 24.9 Å². The molecule has 1 N–H and O–H groups in total. The Balaban J connectivity index is 1.73. The quantitative estimate of drug-likeness (QED) is 0.919. The largest absolute Gasteiger partial charge is 0.432 e. The van der Waals surface area contributed by atoms with Crippen molar-refractivity contribution in [1.82, 2.24) is 25.1 Å². The molecule has 2 aromatic rings. The molecule has 9 heteroatoms. The van der Waals surface area contributed by atoms with Crippen LogP contribution in [0.3, 0.4) is 0 Å². The fourth-order valence-electron chi connectivity index (χ4n) is 2.67. The second kappa shape index (κ2) is 5.98. The lowest BCUT2D eigenvalue weighted by Gasteiger charge is -2.31. The number of amides is 1. The molecular weight excluding hydrogens is 311 g/mol. The third-order valence-corrected chi connectivity index (χ3v) is 3.83. The van der Waals surface area contributed by atoms with E-state index in [1.54, 1.807) is 11.0 Å². The second-order valence-electron chi connectivity index (χ2n) is 5.40. The molecule has 1 aliphatic heterocycles. The number of carbonyl (C=O) groups is 1. The van der Waals surface area contributed by atoms with Gasteiger partial charge < -0.3 is 9.88 Å². The molecule has 1 fully saturated rings. The fourth-order valence-corrected chi connectivity index (χ4v) is 2.67. The van der Waals surface area contributed by atoms with Gasteiger partial charge in [0.05, 0.1) is 24.2 Å². The number of aromatic nitrogens is 4. The Morgan fingerprint density at radius 1 is 1.30 bits per heavy atom. The van der Waals surface area contributed by atoms with Crippen LogP contribution < -0.4 is 0 Å². The van der Waals surface area contributed by atoms with E-state index in [2.05, 4.69) is 20.2 Å². The summed E-state index contributed by atoms with van der Waals surface area (Å²) in [6.45, 7) is 0.885. The number of rotatable bonds is 2. The molecule has 1 atom stereocenters. The van der Waals surface area contributed by atoms with Crippen molar-refractivity contribution in [3.05, 3.63) is 41.7 Å². The van der Waals surface area contributed by atoms with E-state index < -0.39 is 11.9 Å². The van der Waals surface area contributed by atoms with Gasteiger partial charge in [-0.3, -0.25) is 4.79 Å². The zero-order chi connectivity index (χ0) is 16.4. The normalized spacial score (nSPS) is 18.9. The molecule has 1 saturated heterocycles. The highest BCUT2D eigenvalue weighted by Gasteiger charge is 2.35. The second-order valence-corrected chi connectivity index (χ2v) is 5.40. The molecule has 1 aliphatic rings. The highest BCUT2D eigenvalue weighted by atomic mass is 19.4. The van der Waals surface area contributed by atoms with Crippen LogP contribution in [-0.2, 0) is 6.18 Å². The lowest BCUT2D eigenvalue weighted by molar-refractivity contribution is -0.141. The van der Waals surface area contributed by atoms with E-state index in [4.69, 9.17) is 0 Å². The molecule has 2 aromatic heterocycles. The van der Waals surface area contributed by atoms with Gasteiger partial charge >= 0.3 is 6.18 Å². The maximum absolute atomic E-state index is 12.6. The summed E-state index contributed by atoms with van der Waals surface area (Å²) in [5, 5.41) is 7.29. The van der Waals surface area contributed by atoms with Crippen LogP contribution in [0.4, 0.5) is 13.2 Å². The van der Waals surface area contributed by atoms with Gasteiger partial charge in [-0.2, -0.15) is 23.4 Å².